The summed E-state index contributed by atoms with van der Waals surface area (Å²) >= 11 is 5.66. The molecule has 0 aliphatic rings. The lowest BCUT2D eigenvalue weighted by Crippen LogP contribution is -2.50. The Morgan fingerprint density at radius 1 is 1.35 bits per heavy atom. The van der Waals surface area contributed by atoms with Gasteiger partial charge in [-0.2, -0.15) is 0 Å². The highest BCUT2D eigenvalue weighted by Gasteiger charge is 2.26. The molecule has 5 heteroatoms. The van der Waals surface area contributed by atoms with E-state index in [4.69, 9.17) is 11.6 Å². The van der Waals surface area contributed by atoms with Gasteiger partial charge in [0.05, 0.1) is 23.8 Å². The van der Waals surface area contributed by atoms with E-state index in [9.17, 15) is 14.6 Å². The summed E-state index contributed by atoms with van der Waals surface area (Å²) in [6.07, 6.45) is 0.544. The standard InChI is InChI=1S/C12H17ClFNO2/c1-2-12(7-16,8-17)15-6-9-4-3-5-10(13)11(9)14/h3-5,15-17H,2,6-8H2,1H3. The number of benzene rings is 1. The van der Waals surface area contributed by atoms with E-state index in [1.54, 1.807) is 12.1 Å². The van der Waals surface area contributed by atoms with Crippen LogP contribution in [0.5, 0.6) is 0 Å². The fourth-order valence-electron chi connectivity index (χ4n) is 1.48. The number of aliphatic hydroxyl groups excluding tert-OH is 2. The smallest absolute Gasteiger partial charge is 0.146 e. The number of rotatable bonds is 6. The molecule has 0 atom stereocenters. The molecule has 0 aliphatic heterocycles. The zero-order valence-corrected chi connectivity index (χ0v) is 10.5. The highest BCUT2D eigenvalue weighted by Crippen LogP contribution is 2.19. The van der Waals surface area contributed by atoms with E-state index in [0.29, 0.717) is 12.0 Å². The first-order valence-corrected chi connectivity index (χ1v) is 5.86. The Hall–Kier alpha value is -0.680. The van der Waals surface area contributed by atoms with E-state index in [-0.39, 0.29) is 24.8 Å². The van der Waals surface area contributed by atoms with Crippen molar-refractivity contribution in [2.24, 2.45) is 0 Å². The quantitative estimate of drug-likeness (QED) is 0.731. The van der Waals surface area contributed by atoms with Gasteiger partial charge in [-0.25, -0.2) is 4.39 Å². The highest BCUT2D eigenvalue weighted by atomic mass is 35.5. The number of hydrogen-bond acceptors (Lipinski definition) is 3. The summed E-state index contributed by atoms with van der Waals surface area (Å²) < 4.78 is 13.6. The van der Waals surface area contributed by atoms with E-state index in [2.05, 4.69) is 5.32 Å². The topological polar surface area (TPSA) is 52.5 Å². The van der Waals surface area contributed by atoms with Crippen molar-refractivity contribution in [2.45, 2.75) is 25.4 Å². The van der Waals surface area contributed by atoms with Crippen LogP contribution in [0.1, 0.15) is 18.9 Å². The average Bonchev–Trinajstić information content (AvgIpc) is 2.36. The maximum absolute atomic E-state index is 13.6. The molecule has 0 radical (unpaired) electrons. The molecule has 0 saturated heterocycles. The number of halogens is 2. The summed E-state index contributed by atoms with van der Waals surface area (Å²) in [5, 5.41) is 21.5. The summed E-state index contributed by atoms with van der Waals surface area (Å²) in [4.78, 5) is 0. The molecule has 0 heterocycles. The van der Waals surface area contributed by atoms with Gasteiger partial charge in [0.25, 0.3) is 0 Å². The van der Waals surface area contributed by atoms with Crippen molar-refractivity contribution in [3.63, 3.8) is 0 Å². The Labute approximate surface area is 105 Å². The number of aliphatic hydroxyl groups is 2. The van der Waals surface area contributed by atoms with Gasteiger partial charge in [0, 0.05) is 12.1 Å². The summed E-state index contributed by atoms with van der Waals surface area (Å²) in [5.41, 5.74) is -0.369. The Morgan fingerprint density at radius 2 is 2.00 bits per heavy atom. The minimum Gasteiger partial charge on any atom is -0.394 e. The minimum atomic E-state index is -0.783. The van der Waals surface area contributed by atoms with Crippen LogP contribution in [0.15, 0.2) is 18.2 Å². The van der Waals surface area contributed by atoms with E-state index in [1.165, 1.54) is 6.07 Å². The summed E-state index contributed by atoms with van der Waals surface area (Å²) in [7, 11) is 0. The lowest BCUT2D eigenvalue weighted by molar-refractivity contribution is 0.0861. The van der Waals surface area contributed by atoms with Crippen molar-refractivity contribution in [2.75, 3.05) is 13.2 Å². The molecule has 1 aromatic rings. The Bertz CT molecular complexity index is 361. The largest absolute Gasteiger partial charge is 0.394 e. The summed E-state index contributed by atoms with van der Waals surface area (Å²) in [5.74, 6) is -0.470. The maximum atomic E-state index is 13.6. The summed E-state index contributed by atoms with van der Waals surface area (Å²) in [6, 6.07) is 4.75. The average molecular weight is 262 g/mol. The fourth-order valence-corrected chi connectivity index (χ4v) is 1.67. The minimum absolute atomic E-state index is 0.0689. The monoisotopic (exact) mass is 261 g/mol. The molecule has 0 fully saturated rings. The second-order valence-electron chi connectivity index (χ2n) is 4.02. The first kappa shape index (κ1) is 14.4. The third-order valence-corrected chi connectivity index (χ3v) is 3.26. The van der Waals surface area contributed by atoms with Crippen molar-refractivity contribution < 1.29 is 14.6 Å². The Balaban J connectivity index is 2.75. The normalized spacial score (nSPS) is 11.8. The zero-order chi connectivity index (χ0) is 12.9. The highest BCUT2D eigenvalue weighted by molar-refractivity contribution is 6.30. The lowest BCUT2D eigenvalue weighted by Gasteiger charge is -2.30. The molecular formula is C12H17ClFNO2. The van der Waals surface area contributed by atoms with Gasteiger partial charge in [-0.05, 0) is 12.5 Å². The van der Waals surface area contributed by atoms with E-state index < -0.39 is 11.4 Å². The first-order chi connectivity index (χ1) is 8.08. The van der Waals surface area contributed by atoms with Crippen molar-refractivity contribution in [1.29, 1.82) is 0 Å². The van der Waals surface area contributed by atoms with E-state index in [1.807, 2.05) is 6.92 Å². The molecule has 0 spiro atoms. The third-order valence-electron chi connectivity index (χ3n) is 2.97. The van der Waals surface area contributed by atoms with E-state index in [0.717, 1.165) is 0 Å². The molecule has 1 aromatic carbocycles. The summed E-state index contributed by atoms with van der Waals surface area (Å²) in [6.45, 7) is 1.64. The maximum Gasteiger partial charge on any atom is 0.146 e. The van der Waals surface area contributed by atoms with Crippen LogP contribution in [-0.2, 0) is 6.54 Å². The van der Waals surface area contributed by atoms with Crippen LogP contribution in [0.2, 0.25) is 5.02 Å². The molecule has 96 valence electrons. The van der Waals surface area contributed by atoms with Gasteiger partial charge >= 0.3 is 0 Å². The van der Waals surface area contributed by atoms with Gasteiger partial charge in [-0.15, -0.1) is 0 Å². The van der Waals surface area contributed by atoms with Gasteiger partial charge in [0.15, 0.2) is 0 Å². The van der Waals surface area contributed by atoms with Crippen LogP contribution < -0.4 is 5.32 Å². The second kappa shape index (κ2) is 6.31. The number of hydrogen-bond donors (Lipinski definition) is 3. The van der Waals surface area contributed by atoms with Crippen molar-refractivity contribution in [1.82, 2.24) is 5.32 Å². The van der Waals surface area contributed by atoms with Crippen LogP contribution in [0.25, 0.3) is 0 Å². The van der Waals surface area contributed by atoms with Crippen LogP contribution >= 0.6 is 11.6 Å². The predicted octanol–water partition coefficient (Wildman–Crippen LogP) is 1.70. The molecule has 0 bridgehead atoms. The van der Waals surface area contributed by atoms with Gasteiger partial charge in [0.1, 0.15) is 5.82 Å². The van der Waals surface area contributed by atoms with Crippen molar-refractivity contribution >= 4 is 11.6 Å². The third kappa shape index (κ3) is 3.39. The molecule has 0 aliphatic carbocycles. The van der Waals surface area contributed by atoms with Crippen molar-refractivity contribution in [3.8, 4) is 0 Å². The second-order valence-corrected chi connectivity index (χ2v) is 4.42. The van der Waals surface area contributed by atoms with Gasteiger partial charge in [-0.1, -0.05) is 30.7 Å². The molecule has 0 unspecified atom stereocenters. The fraction of sp³-hybridized carbons (Fsp3) is 0.500. The first-order valence-electron chi connectivity index (χ1n) is 5.48. The lowest BCUT2D eigenvalue weighted by atomic mass is 9.98. The molecule has 0 amide bonds. The van der Waals surface area contributed by atoms with Crippen molar-refractivity contribution in [3.05, 3.63) is 34.6 Å². The van der Waals surface area contributed by atoms with Crippen LogP contribution in [0.3, 0.4) is 0 Å². The van der Waals surface area contributed by atoms with Crippen LogP contribution in [-0.4, -0.2) is 29.0 Å². The molecule has 3 nitrogen and oxygen atoms in total. The van der Waals surface area contributed by atoms with E-state index >= 15 is 0 Å². The van der Waals surface area contributed by atoms with Crippen LogP contribution in [0.4, 0.5) is 4.39 Å². The predicted molar refractivity (Wildman–Crippen MR) is 65.4 cm³/mol. The number of nitrogens with one attached hydrogen (secondary N) is 1. The van der Waals surface area contributed by atoms with Crippen LogP contribution in [0, 0.1) is 5.82 Å². The zero-order valence-electron chi connectivity index (χ0n) is 9.71. The molecule has 0 aromatic heterocycles. The molecule has 0 saturated carbocycles. The van der Waals surface area contributed by atoms with Gasteiger partial charge in [-0.3, -0.25) is 0 Å². The molecule has 1 rings (SSSR count). The molecular weight excluding hydrogens is 245 g/mol. The molecule has 3 N–H and O–H groups in total. The Kier molecular flexibility index (Phi) is 5.33. The SMILES string of the molecule is CCC(CO)(CO)NCc1cccc(Cl)c1F. The Morgan fingerprint density at radius 3 is 2.53 bits per heavy atom. The molecule has 17 heavy (non-hydrogen) atoms. The van der Waals surface area contributed by atoms with Gasteiger partial charge in [0.2, 0.25) is 0 Å². The van der Waals surface area contributed by atoms with Gasteiger partial charge < -0.3 is 15.5 Å².